The van der Waals surface area contributed by atoms with Gasteiger partial charge in [0.15, 0.2) is 0 Å². The summed E-state index contributed by atoms with van der Waals surface area (Å²) in [6.07, 6.45) is 3.10. The molecule has 33 heavy (non-hydrogen) atoms. The molecule has 0 spiro atoms. The average molecular weight is 461 g/mol. The molecular weight excluding hydrogens is 420 g/mol. The van der Waals surface area contributed by atoms with Crippen molar-refractivity contribution in [1.29, 1.82) is 0 Å². The third-order valence-electron chi connectivity index (χ3n) is 6.34. The van der Waals surface area contributed by atoms with Crippen LogP contribution >= 0.6 is 0 Å². The second kappa shape index (κ2) is 11.7. The molecule has 3 rings (SSSR count). The Morgan fingerprint density at radius 1 is 1.06 bits per heavy atom. The highest BCUT2D eigenvalue weighted by atomic mass is 16.6. The van der Waals surface area contributed by atoms with Gasteiger partial charge in [0.1, 0.15) is 12.3 Å². The van der Waals surface area contributed by atoms with E-state index < -0.39 is 5.60 Å². The lowest BCUT2D eigenvalue weighted by Gasteiger charge is -2.38. The highest BCUT2D eigenvalue weighted by molar-refractivity contribution is 5.95. The van der Waals surface area contributed by atoms with Crippen molar-refractivity contribution in [3.63, 3.8) is 0 Å². The number of methoxy groups -OCH3 is 1. The van der Waals surface area contributed by atoms with E-state index in [1.165, 1.54) is 6.42 Å². The molecule has 2 saturated heterocycles. The molecule has 1 N–H and O–H groups in total. The van der Waals surface area contributed by atoms with E-state index >= 15 is 0 Å². The first-order valence-corrected chi connectivity index (χ1v) is 12.1. The molecule has 2 aliphatic rings. The Morgan fingerprint density at radius 3 is 2.39 bits per heavy atom. The van der Waals surface area contributed by atoms with E-state index in [-0.39, 0.29) is 18.7 Å². The van der Waals surface area contributed by atoms with Crippen molar-refractivity contribution < 1.29 is 19.1 Å². The van der Waals surface area contributed by atoms with E-state index in [9.17, 15) is 9.59 Å². The fraction of sp³-hybridized carbons (Fsp3) is 0.680. The number of amides is 2. The Kier molecular flexibility index (Phi) is 8.97. The average Bonchev–Trinajstić information content (AvgIpc) is 2.81. The Hall–Kier alpha value is -2.32. The second-order valence-corrected chi connectivity index (χ2v) is 10.0. The zero-order valence-corrected chi connectivity index (χ0v) is 20.6. The van der Waals surface area contributed by atoms with Crippen LogP contribution in [0.3, 0.4) is 0 Å². The Labute approximate surface area is 198 Å². The molecule has 1 aromatic carbocycles. The molecule has 0 radical (unpaired) electrons. The summed E-state index contributed by atoms with van der Waals surface area (Å²) in [5, 5.41) is 2.74. The summed E-state index contributed by atoms with van der Waals surface area (Å²) in [6.45, 7) is 12.6. The summed E-state index contributed by atoms with van der Waals surface area (Å²) in [4.78, 5) is 31.2. The van der Waals surface area contributed by atoms with Crippen LogP contribution in [0.4, 0.5) is 10.5 Å². The molecule has 184 valence electrons. The van der Waals surface area contributed by atoms with E-state index in [0.29, 0.717) is 11.5 Å². The fourth-order valence-electron chi connectivity index (χ4n) is 4.41. The first kappa shape index (κ1) is 25.3. The number of likely N-dealkylation sites (tertiary alicyclic amines) is 1. The topological polar surface area (TPSA) is 74.4 Å². The minimum absolute atomic E-state index is 0.116. The number of nitrogens with zero attached hydrogens (tertiary/aromatic N) is 3. The minimum atomic E-state index is -0.437. The Bertz CT molecular complexity index is 779. The van der Waals surface area contributed by atoms with Crippen LogP contribution in [0.5, 0.6) is 0 Å². The van der Waals surface area contributed by atoms with Crippen LogP contribution in [-0.4, -0.2) is 87.1 Å². The van der Waals surface area contributed by atoms with Crippen LogP contribution in [0.1, 0.15) is 50.4 Å². The highest BCUT2D eigenvalue weighted by Crippen LogP contribution is 2.24. The number of nitrogens with one attached hydrogen (secondary N) is 1. The van der Waals surface area contributed by atoms with Crippen molar-refractivity contribution >= 4 is 17.7 Å². The molecule has 0 saturated carbocycles. The van der Waals surface area contributed by atoms with Gasteiger partial charge in [-0.1, -0.05) is 6.07 Å². The number of carbonyl (C=O) groups is 2. The predicted molar refractivity (Wildman–Crippen MR) is 130 cm³/mol. The van der Waals surface area contributed by atoms with Crippen molar-refractivity contribution in [2.24, 2.45) is 5.92 Å². The first-order chi connectivity index (χ1) is 15.7. The Morgan fingerprint density at radius 2 is 1.76 bits per heavy atom. The van der Waals surface area contributed by atoms with Gasteiger partial charge < -0.3 is 24.6 Å². The van der Waals surface area contributed by atoms with Crippen molar-refractivity contribution in [2.45, 2.75) is 45.6 Å². The van der Waals surface area contributed by atoms with Crippen molar-refractivity contribution in [2.75, 3.05) is 64.6 Å². The number of ether oxygens (including phenoxy) is 2. The van der Waals surface area contributed by atoms with Gasteiger partial charge in [0.25, 0.3) is 5.91 Å². The smallest absolute Gasteiger partial charge is 0.410 e. The van der Waals surface area contributed by atoms with E-state index in [1.807, 2.05) is 43.9 Å². The highest BCUT2D eigenvalue weighted by Gasteiger charge is 2.27. The molecule has 8 heteroatoms. The van der Waals surface area contributed by atoms with Crippen LogP contribution in [-0.2, 0) is 9.47 Å². The van der Waals surface area contributed by atoms with Gasteiger partial charge >= 0.3 is 6.09 Å². The minimum Gasteiger partial charge on any atom is -0.444 e. The number of hydrogen-bond donors (Lipinski definition) is 1. The lowest BCUT2D eigenvalue weighted by molar-refractivity contribution is 0.0177. The number of anilines is 1. The lowest BCUT2D eigenvalue weighted by Crippen LogP contribution is -2.47. The van der Waals surface area contributed by atoms with Crippen LogP contribution in [0.2, 0.25) is 0 Å². The molecule has 2 fully saturated rings. The summed E-state index contributed by atoms with van der Waals surface area (Å²) in [5.74, 6) is 0.555. The standard InChI is InChI=1S/C25H40N4O4/c1-25(2,3)33-24(31)29-12-9-20(10-13-29)8-11-27-14-16-28(17-15-27)22-7-5-6-21(18-22)23(30)26-19-32-4/h5-7,18,20H,8-17,19H2,1-4H3,(H,26,30). The van der Waals surface area contributed by atoms with Crippen LogP contribution in [0.15, 0.2) is 24.3 Å². The summed E-state index contributed by atoms with van der Waals surface area (Å²) >= 11 is 0. The van der Waals surface area contributed by atoms with Crippen LogP contribution < -0.4 is 10.2 Å². The fourth-order valence-corrected chi connectivity index (χ4v) is 4.41. The Balaban J connectivity index is 1.38. The number of piperazine rings is 1. The van der Waals surface area contributed by atoms with Gasteiger partial charge in [0.2, 0.25) is 0 Å². The third kappa shape index (κ3) is 7.89. The predicted octanol–water partition coefficient (Wildman–Crippen LogP) is 3.18. The van der Waals surface area contributed by atoms with Crippen molar-refractivity contribution in [1.82, 2.24) is 15.1 Å². The molecule has 8 nitrogen and oxygen atoms in total. The molecule has 2 amide bonds. The lowest BCUT2D eigenvalue weighted by atomic mass is 9.93. The zero-order chi connectivity index (χ0) is 23.8. The molecule has 0 unspecified atom stereocenters. The van der Waals surface area contributed by atoms with E-state index in [0.717, 1.165) is 64.3 Å². The molecule has 0 bridgehead atoms. The normalized spacial score (nSPS) is 18.3. The molecule has 2 heterocycles. The van der Waals surface area contributed by atoms with Gasteiger partial charge in [-0.3, -0.25) is 9.69 Å². The summed E-state index contributed by atoms with van der Waals surface area (Å²) < 4.78 is 10.4. The number of rotatable bonds is 7. The largest absolute Gasteiger partial charge is 0.444 e. The van der Waals surface area contributed by atoms with E-state index in [1.54, 1.807) is 7.11 Å². The summed E-state index contributed by atoms with van der Waals surface area (Å²) in [6, 6.07) is 7.80. The van der Waals surface area contributed by atoms with Crippen molar-refractivity contribution in [3.05, 3.63) is 29.8 Å². The van der Waals surface area contributed by atoms with Gasteiger partial charge in [-0.25, -0.2) is 4.79 Å². The molecule has 0 aliphatic carbocycles. The van der Waals surface area contributed by atoms with Crippen LogP contribution in [0.25, 0.3) is 0 Å². The maximum absolute atomic E-state index is 12.2. The summed E-state index contributed by atoms with van der Waals surface area (Å²) in [7, 11) is 1.56. The maximum atomic E-state index is 12.2. The zero-order valence-electron chi connectivity index (χ0n) is 20.6. The number of hydrogen-bond acceptors (Lipinski definition) is 6. The van der Waals surface area contributed by atoms with Gasteiger partial charge in [0.05, 0.1) is 0 Å². The van der Waals surface area contributed by atoms with E-state index in [4.69, 9.17) is 9.47 Å². The van der Waals surface area contributed by atoms with Gasteiger partial charge in [-0.05, 0) is 70.7 Å². The third-order valence-corrected chi connectivity index (χ3v) is 6.34. The van der Waals surface area contributed by atoms with E-state index in [2.05, 4.69) is 21.2 Å². The monoisotopic (exact) mass is 460 g/mol. The van der Waals surface area contributed by atoms with Crippen molar-refractivity contribution in [3.8, 4) is 0 Å². The summed E-state index contributed by atoms with van der Waals surface area (Å²) in [5.41, 5.74) is 1.31. The number of piperidine rings is 1. The maximum Gasteiger partial charge on any atom is 0.410 e. The van der Waals surface area contributed by atoms with Gasteiger partial charge in [0, 0.05) is 57.6 Å². The first-order valence-electron chi connectivity index (χ1n) is 12.1. The van der Waals surface area contributed by atoms with Gasteiger partial charge in [-0.15, -0.1) is 0 Å². The molecule has 2 aliphatic heterocycles. The molecule has 0 atom stereocenters. The SMILES string of the molecule is COCNC(=O)c1cccc(N2CCN(CCC3CCN(C(=O)OC(C)(C)C)CC3)CC2)c1. The molecular formula is C25H40N4O4. The molecule has 0 aromatic heterocycles. The number of benzene rings is 1. The number of carbonyl (C=O) groups excluding carboxylic acids is 2. The van der Waals surface area contributed by atoms with Gasteiger partial charge in [-0.2, -0.15) is 0 Å². The second-order valence-electron chi connectivity index (χ2n) is 10.0. The van der Waals surface area contributed by atoms with Crippen LogP contribution in [0, 0.1) is 5.92 Å². The quantitative estimate of drug-likeness (QED) is 0.630. The molecule has 1 aromatic rings.